The van der Waals surface area contributed by atoms with Gasteiger partial charge in [0.05, 0.1) is 6.61 Å². The molecule has 3 amide bonds. The van der Waals surface area contributed by atoms with E-state index < -0.39 is 37.0 Å². The maximum absolute atomic E-state index is 11.9. The first-order chi connectivity index (χ1) is 9.77. The van der Waals surface area contributed by atoms with E-state index in [-0.39, 0.29) is 13.1 Å². The lowest BCUT2D eigenvalue weighted by molar-refractivity contribution is -0.140. The fourth-order valence-corrected chi connectivity index (χ4v) is 1.39. The van der Waals surface area contributed by atoms with Crippen LogP contribution >= 0.6 is 0 Å². The first-order valence-electron chi connectivity index (χ1n) is 5.97. The fourth-order valence-electron chi connectivity index (χ4n) is 1.39. The van der Waals surface area contributed by atoms with Crippen molar-refractivity contribution in [3.63, 3.8) is 0 Å². The Labute approximate surface area is 121 Å². The Morgan fingerprint density at radius 2 is 1.57 bits per heavy atom. The summed E-state index contributed by atoms with van der Waals surface area (Å²) in [5.41, 5.74) is 0. The monoisotopic (exact) mass is 305 g/mol. The Hall–Kier alpha value is -2.36. The van der Waals surface area contributed by atoms with Crippen molar-refractivity contribution < 1.29 is 34.1 Å². The predicted molar refractivity (Wildman–Crippen MR) is 69.8 cm³/mol. The molecule has 0 heterocycles. The zero-order valence-electron chi connectivity index (χ0n) is 11.9. The SMILES string of the molecule is COCCNC(=O)CN(C)C(=O)N(CC(=O)O)CC(=O)O. The number of likely N-dealkylation sites (N-methyl/N-ethyl adjacent to an activating group) is 1. The summed E-state index contributed by atoms with van der Waals surface area (Å²) >= 11 is 0. The van der Waals surface area contributed by atoms with E-state index in [4.69, 9.17) is 14.9 Å². The van der Waals surface area contributed by atoms with Gasteiger partial charge in [0.25, 0.3) is 0 Å². The summed E-state index contributed by atoms with van der Waals surface area (Å²) in [4.78, 5) is 46.2. The van der Waals surface area contributed by atoms with Gasteiger partial charge in [0.2, 0.25) is 5.91 Å². The highest BCUT2D eigenvalue weighted by Gasteiger charge is 2.23. The number of carboxylic acids is 2. The Kier molecular flexibility index (Phi) is 8.46. The van der Waals surface area contributed by atoms with Crippen molar-refractivity contribution in [3.05, 3.63) is 0 Å². The number of rotatable bonds is 9. The quantitative estimate of drug-likeness (QED) is 0.431. The van der Waals surface area contributed by atoms with Crippen LogP contribution in [0.1, 0.15) is 0 Å². The molecule has 0 radical (unpaired) electrons. The first kappa shape index (κ1) is 18.6. The van der Waals surface area contributed by atoms with Crippen molar-refractivity contribution >= 4 is 23.9 Å². The number of carboxylic acid groups (broad SMARTS) is 2. The largest absolute Gasteiger partial charge is 0.480 e. The topological polar surface area (TPSA) is 136 Å². The molecule has 21 heavy (non-hydrogen) atoms. The Bertz CT molecular complexity index is 383. The predicted octanol–water partition coefficient (Wildman–Crippen LogP) is -1.73. The molecule has 10 nitrogen and oxygen atoms in total. The summed E-state index contributed by atoms with van der Waals surface area (Å²) in [5.74, 6) is -3.15. The summed E-state index contributed by atoms with van der Waals surface area (Å²) in [6, 6.07) is -0.860. The van der Waals surface area contributed by atoms with Gasteiger partial charge >= 0.3 is 18.0 Å². The molecule has 0 saturated carbocycles. The van der Waals surface area contributed by atoms with Crippen molar-refractivity contribution in [1.82, 2.24) is 15.1 Å². The minimum Gasteiger partial charge on any atom is -0.480 e. The van der Waals surface area contributed by atoms with Gasteiger partial charge in [-0.1, -0.05) is 0 Å². The van der Waals surface area contributed by atoms with Crippen LogP contribution in [0.2, 0.25) is 0 Å². The van der Waals surface area contributed by atoms with Gasteiger partial charge in [-0.25, -0.2) is 4.79 Å². The number of hydrogen-bond donors (Lipinski definition) is 3. The molecule has 0 fully saturated rings. The summed E-state index contributed by atoms with van der Waals surface area (Å²) in [6.45, 7) is -1.27. The smallest absolute Gasteiger partial charge is 0.323 e. The normalized spacial score (nSPS) is 9.81. The van der Waals surface area contributed by atoms with Crippen LogP contribution in [0.15, 0.2) is 0 Å². The highest BCUT2D eigenvalue weighted by molar-refractivity contribution is 5.87. The van der Waals surface area contributed by atoms with Crippen LogP contribution < -0.4 is 5.32 Å². The molecule has 0 bridgehead atoms. The molecule has 0 aromatic carbocycles. The van der Waals surface area contributed by atoms with Crippen molar-refractivity contribution in [2.45, 2.75) is 0 Å². The molecule has 0 atom stereocenters. The lowest BCUT2D eigenvalue weighted by Gasteiger charge is -2.25. The van der Waals surface area contributed by atoms with Crippen molar-refractivity contribution in [2.75, 3.05) is 46.9 Å². The summed E-state index contributed by atoms with van der Waals surface area (Å²) in [5, 5.41) is 19.8. The second-order valence-corrected chi connectivity index (χ2v) is 4.12. The number of nitrogens with one attached hydrogen (secondary N) is 1. The van der Waals surface area contributed by atoms with Gasteiger partial charge in [0, 0.05) is 20.7 Å². The van der Waals surface area contributed by atoms with Crippen molar-refractivity contribution in [2.24, 2.45) is 0 Å². The number of carbonyl (C=O) groups is 4. The van der Waals surface area contributed by atoms with Crippen LogP contribution in [0.3, 0.4) is 0 Å². The van der Waals surface area contributed by atoms with E-state index in [1.807, 2.05) is 0 Å². The molecular formula is C11H19N3O7. The zero-order valence-corrected chi connectivity index (χ0v) is 11.9. The van der Waals surface area contributed by atoms with Crippen molar-refractivity contribution in [3.8, 4) is 0 Å². The van der Waals surface area contributed by atoms with Gasteiger partial charge in [-0.3, -0.25) is 14.4 Å². The number of hydrogen-bond acceptors (Lipinski definition) is 5. The Morgan fingerprint density at radius 3 is 2.00 bits per heavy atom. The second-order valence-electron chi connectivity index (χ2n) is 4.12. The average Bonchev–Trinajstić information content (AvgIpc) is 2.36. The molecule has 3 N–H and O–H groups in total. The molecule has 0 aromatic rings. The zero-order chi connectivity index (χ0) is 16.4. The molecule has 0 aliphatic heterocycles. The summed E-state index contributed by atoms with van der Waals surface area (Å²) in [6.07, 6.45) is 0. The third-order valence-electron chi connectivity index (χ3n) is 2.26. The summed E-state index contributed by atoms with van der Waals surface area (Å²) < 4.78 is 4.74. The number of amides is 3. The molecule has 10 heteroatoms. The van der Waals surface area contributed by atoms with E-state index in [2.05, 4.69) is 5.32 Å². The number of ether oxygens (including phenoxy) is 1. The van der Waals surface area contributed by atoms with Gasteiger partial charge in [-0.2, -0.15) is 0 Å². The number of aliphatic carboxylic acids is 2. The van der Waals surface area contributed by atoms with Gasteiger partial charge < -0.3 is 30.1 Å². The van der Waals surface area contributed by atoms with Crippen molar-refractivity contribution in [1.29, 1.82) is 0 Å². The molecule has 0 rings (SSSR count). The van der Waals surface area contributed by atoms with Crippen LogP contribution in [0.4, 0.5) is 4.79 Å². The average molecular weight is 305 g/mol. The number of nitrogens with zero attached hydrogens (tertiary/aromatic N) is 2. The van der Waals surface area contributed by atoms with Crippen LogP contribution in [0, 0.1) is 0 Å². The fraction of sp³-hybridized carbons (Fsp3) is 0.636. The molecular weight excluding hydrogens is 286 g/mol. The molecule has 0 saturated heterocycles. The number of urea groups is 1. The minimum atomic E-state index is -1.34. The maximum Gasteiger partial charge on any atom is 0.323 e. The molecule has 0 aliphatic rings. The van der Waals surface area contributed by atoms with Crippen LogP contribution in [0.5, 0.6) is 0 Å². The van der Waals surface area contributed by atoms with E-state index >= 15 is 0 Å². The van der Waals surface area contributed by atoms with E-state index in [0.717, 1.165) is 4.90 Å². The maximum atomic E-state index is 11.9. The molecule has 0 unspecified atom stereocenters. The van der Waals surface area contributed by atoms with E-state index in [1.54, 1.807) is 0 Å². The standard InChI is InChI=1S/C11H19N3O7/c1-13(5-8(15)12-3-4-21-2)11(20)14(6-9(16)17)7-10(18)19/h3-7H2,1-2H3,(H,12,15)(H,16,17)(H,18,19). The lowest BCUT2D eigenvalue weighted by Crippen LogP contribution is -2.48. The summed E-state index contributed by atoms with van der Waals surface area (Å²) in [7, 11) is 2.74. The molecule has 0 aliphatic carbocycles. The first-order valence-corrected chi connectivity index (χ1v) is 5.97. The molecule has 0 aromatic heterocycles. The molecule has 120 valence electrons. The van der Waals surface area contributed by atoms with Gasteiger partial charge in [0.1, 0.15) is 19.6 Å². The van der Waals surface area contributed by atoms with E-state index in [9.17, 15) is 19.2 Å². The van der Waals surface area contributed by atoms with E-state index in [0.29, 0.717) is 11.5 Å². The number of carbonyl (C=O) groups excluding carboxylic acids is 2. The van der Waals surface area contributed by atoms with Crippen LogP contribution in [-0.2, 0) is 19.1 Å². The number of methoxy groups -OCH3 is 1. The van der Waals surface area contributed by atoms with Gasteiger partial charge in [-0.05, 0) is 0 Å². The van der Waals surface area contributed by atoms with E-state index in [1.165, 1.54) is 14.2 Å². The highest BCUT2D eigenvalue weighted by atomic mass is 16.5. The lowest BCUT2D eigenvalue weighted by atomic mass is 10.4. The second kappa shape index (κ2) is 9.53. The van der Waals surface area contributed by atoms with Gasteiger partial charge in [0.15, 0.2) is 0 Å². The van der Waals surface area contributed by atoms with Crippen LogP contribution in [-0.4, -0.2) is 90.8 Å². The third kappa shape index (κ3) is 8.42. The Morgan fingerprint density at radius 1 is 1.05 bits per heavy atom. The Balaban J connectivity index is 4.50. The highest BCUT2D eigenvalue weighted by Crippen LogP contribution is 1.97. The third-order valence-corrected chi connectivity index (χ3v) is 2.26. The minimum absolute atomic E-state index is 0.269. The molecule has 0 spiro atoms. The van der Waals surface area contributed by atoms with Crippen LogP contribution in [0.25, 0.3) is 0 Å². The van der Waals surface area contributed by atoms with Gasteiger partial charge in [-0.15, -0.1) is 0 Å².